The minimum atomic E-state index is 0.861. The lowest BCUT2D eigenvalue weighted by Crippen LogP contribution is -2.18. The van der Waals surface area contributed by atoms with Crippen LogP contribution in [-0.2, 0) is 0 Å². The fraction of sp³-hybridized carbons (Fsp3) is 1.00. The Kier molecular flexibility index (Phi) is 12.6. The van der Waals surface area contributed by atoms with Gasteiger partial charge in [-0.2, -0.15) is 11.8 Å². The van der Waals surface area contributed by atoms with Crippen LogP contribution in [0.15, 0.2) is 0 Å². The third-order valence-corrected chi connectivity index (χ3v) is 3.49. The molecule has 0 saturated heterocycles. The molecule has 0 rings (SSSR count). The second-order valence-electron chi connectivity index (χ2n) is 4.61. The number of rotatable bonds is 11. The first kappa shape index (κ1) is 15.3. The lowest BCUT2D eigenvalue weighted by atomic mass is 10.2. The highest BCUT2D eigenvalue weighted by Crippen LogP contribution is 2.07. The van der Waals surface area contributed by atoms with E-state index in [1.807, 2.05) is 0 Å². The highest BCUT2D eigenvalue weighted by Gasteiger charge is 1.94. The number of thioether (sulfide) groups is 1. The molecule has 2 heteroatoms. The van der Waals surface area contributed by atoms with E-state index >= 15 is 0 Å². The Balaban J connectivity index is 2.87. The van der Waals surface area contributed by atoms with Gasteiger partial charge < -0.3 is 5.32 Å². The minimum Gasteiger partial charge on any atom is -0.316 e. The van der Waals surface area contributed by atoms with Crippen LogP contribution in [0.4, 0.5) is 0 Å². The van der Waals surface area contributed by atoms with Crippen LogP contribution in [0.25, 0.3) is 0 Å². The van der Waals surface area contributed by atoms with Crippen molar-refractivity contribution in [3.05, 3.63) is 0 Å². The summed E-state index contributed by atoms with van der Waals surface area (Å²) in [7, 11) is 0. The Hall–Kier alpha value is 0.310. The smallest absolute Gasteiger partial charge is 0.00581 e. The quantitative estimate of drug-likeness (QED) is 0.541. The zero-order chi connectivity index (χ0) is 11.4. The number of hydrogen-bond acceptors (Lipinski definition) is 2. The maximum Gasteiger partial charge on any atom is 0.00581 e. The van der Waals surface area contributed by atoms with Crippen LogP contribution in [0.3, 0.4) is 0 Å². The summed E-state index contributed by atoms with van der Waals surface area (Å²) in [6, 6.07) is 0. The van der Waals surface area contributed by atoms with Crippen LogP contribution in [0.1, 0.15) is 52.9 Å². The average molecular weight is 231 g/mol. The van der Waals surface area contributed by atoms with Crippen molar-refractivity contribution >= 4 is 11.8 Å². The molecule has 0 atom stereocenters. The van der Waals surface area contributed by atoms with Crippen LogP contribution < -0.4 is 5.32 Å². The predicted octanol–water partition coefficient (Wildman–Crippen LogP) is 3.94. The topological polar surface area (TPSA) is 12.0 Å². The zero-order valence-corrected chi connectivity index (χ0v) is 11.7. The summed E-state index contributed by atoms with van der Waals surface area (Å²) in [6.45, 7) is 9.26. The Bertz CT molecular complexity index is 115. The molecule has 0 aromatic rings. The van der Waals surface area contributed by atoms with Gasteiger partial charge in [0.2, 0.25) is 0 Å². The van der Waals surface area contributed by atoms with E-state index in [9.17, 15) is 0 Å². The monoisotopic (exact) mass is 231 g/mol. The van der Waals surface area contributed by atoms with Crippen LogP contribution in [0.2, 0.25) is 0 Å². The molecule has 0 aliphatic carbocycles. The van der Waals surface area contributed by atoms with Crippen LogP contribution in [-0.4, -0.2) is 24.6 Å². The van der Waals surface area contributed by atoms with E-state index in [4.69, 9.17) is 0 Å². The molecule has 0 aliphatic heterocycles. The molecule has 0 aromatic carbocycles. The minimum absolute atomic E-state index is 0.861. The fourth-order valence-electron chi connectivity index (χ4n) is 1.37. The Morgan fingerprint density at radius 3 is 2.47 bits per heavy atom. The highest BCUT2D eigenvalue weighted by atomic mass is 32.2. The van der Waals surface area contributed by atoms with E-state index in [1.54, 1.807) is 0 Å². The van der Waals surface area contributed by atoms with E-state index in [2.05, 4.69) is 37.8 Å². The first-order chi connectivity index (χ1) is 7.27. The molecule has 0 spiro atoms. The van der Waals surface area contributed by atoms with Gasteiger partial charge in [-0.15, -0.1) is 0 Å². The average Bonchev–Trinajstić information content (AvgIpc) is 2.20. The van der Waals surface area contributed by atoms with E-state index in [0.717, 1.165) is 5.92 Å². The van der Waals surface area contributed by atoms with Crippen LogP contribution in [0.5, 0.6) is 0 Å². The molecule has 0 amide bonds. The molecule has 0 radical (unpaired) electrons. The van der Waals surface area contributed by atoms with E-state index in [-0.39, 0.29) is 0 Å². The third kappa shape index (κ3) is 14.3. The van der Waals surface area contributed by atoms with Gasteiger partial charge in [0, 0.05) is 12.3 Å². The molecule has 0 fully saturated rings. The molecule has 0 bridgehead atoms. The molecule has 0 aromatic heterocycles. The van der Waals surface area contributed by atoms with E-state index < -0.39 is 0 Å². The van der Waals surface area contributed by atoms with Crippen molar-refractivity contribution in [1.29, 1.82) is 0 Å². The second kappa shape index (κ2) is 12.4. The maximum absolute atomic E-state index is 3.51. The van der Waals surface area contributed by atoms with Gasteiger partial charge in [0.15, 0.2) is 0 Å². The van der Waals surface area contributed by atoms with E-state index in [1.165, 1.54) is 56.7 Å². The first-order valence-corrected chi connectivity index (χ1v) is 7.71. The van der Waals surface area contributed by atoms with Gasteiger partial charge in [0.25, 0.3) is 0 Å². The number of nitrogens with one attached hydrogen (secondary N) is 1. The maximum atomic E-state index is 3.51. The van der Waals surface area contributed by atoms with Gasteiger partial charge in [0.05, 0.1) is 0 Å². The number of unbranched alkanes of at least 4 members (excludes halogenated alkanes) is 3. The standard InChI is InChI=1S/C13H29NS/c1-4-5-6-7-9-14-10-12-15-11-8-13(2)3/h13-14H,4-12H2,1-3H3. The summed E-state index contributed by atoms with van der Waals surface area (Å²) in [5.74, 6) is 3.47. The van der Waals surface area contributed by atoms with Gasteiger partial charge in [-0.1, -0.05) is 40.0 Å². The first-order valence-electron chi connectivity index (χ1n) is 6.55. The summed E-state index contributed by atoms with van der Waals surface area (Å²) >= 11 is 2.09. The van der Waals surface area contributed by atoms with Gasteiger partial charge in [-0.25, -0.2) is 0 Å². The zero-order valence-electron chi connectivity index (χ0n) is 10.8. The largest absolute Gasteiger partial charge is 0.316 e. The lowest BCUT2D eigenvalue weighted by molar-refractivity contribution is 0.612. The van der Waals surface area contributed by atoms with Crippen molar-refractivity contribution < 1.29 is 0 Å². The molecule has 1 nitrogen and oxygen atoms in total. The summed E-state index contributed by atoms with van der Waals surface area (Å²) in [5.41, 5.74) is 0. The van der Waals surface area contributed by atoms with Gasteiger partial charge in [-0.3, -0.25) is 0 Å². The van der Waals surface area contributed by atoms with Crippen molar-refractivity contribution in [1.82, 2.24) is 5.32 Å². The fourth-order valence-corrected chi connectivity index (χ4v) is 2.50. The van der Waals surface area contributed by atoms with Crippen molar-refractivity contribution in [2.45, 2.75) is 52.9 Å². The number of hydrogen-bond donors (Lipinski definition) is 1. The van der Waals surface area contributed by atoms with Gasteiger partial charge >= 0.3 is 0 Å². The van der Waals surface area contributed by atoms with Crippen molar-refractivity contribution in [2.24, 2.45) is 5.92 Å². The van der Waals surface area contributed by atoms with Crippen LogP contribution >= 0.6 is 11.8 Å². The molecular formula is C13H29NS. The second-order valence-corrected chi connectivity index (χ2v) is 5.83. The molecule has 1 N–H and O–H groups in total. The normalized spacial score (nSPS) is 11.2. The summed E-state index contributed by atoms with van der Waals surface area (Å²) in [4.78, 5) is 0. The molecular weight excluding hydrogens is 202 g/mol. The summed E-state index contributed by atoms with van der Waals surface area (Å²) in [6.07, 6.45) is 6.84. The Morgan fingerprint density at radius 2 is 1.80 bits per heavy atom. The Morgan fingerprint density at radius 1 is 1.00 bits per heavy atom. The summed E-state index contributed by atoms with van der Waals surface area (Å²) in [5, 5.41) is 3.51. The molecule has 0 aliphatic rings. The third-order valence-electron chi connectivity index (χ3n) is 2.47. The molecule has 0 heterocycles. The highest BCUT2D eigenvalue weighted by molar-refractivity contribution is 7.99. The van der Waals surface area contributed by atoms with E-state index in [0.29, 0.717) is 0 Å². The molecule has 0 saturated carbocycles. The van der Waals surface area contributed by atoms with Gasteiger partial charge in [0.1, 0.15) is 0 Å². The van der Waals surface area contributed by atoms with Gasteiger partial charge in [-0.05, 0) is 31.1 Å². The molecule has 92 valence electrons. The van der Waals surface area contributed by atoms with Crippen molar-refractivity contribution in [2.75, 3.05) is 24.6 Å². The Labute approximate surface area is 101 Å². The van der Waals surface area contributed by atoms with Crippen molar-refractivity contribution in [3.63, 3.8) is 0 Å². The van der Waals surface area contributed by atoms with Crippen LogP contribution in [0, 0.1) is 5.92 Å². The predicted molar refractivity (Wildman–Crippen MR) is 73.8 cm³/mol. The molecule has 15 heavy (non-hydrogen) atoms. The SMILES string of the molecule is CCCCCCNCCSCCC(C)C. The summed E-state index contributed by atoms with van der Waals surface area (Å²) < 4.78 is 0. The lowest BCUT2D eigenvalue weighted by Gasteiger charge is -2.05. The van der Waals surface area contributed by atoms with Crippen molar-refractivity contribution in [3.8, 4) is 0 Å². The molecule has 0 unspecified atom stereocenters.